The number of aliphatic hydroxyl groups is 11. The van der Waals surface area contributed by atoms with Crippen LogP contribution in [-0.2, 0) is 33.2 Å². The summed E-state index contributed by atoms with van der Waals surface area (Å²) in [5, 5.41) is 121. The second-order valence-electron chi connectivity index (χ2n) is 25.3. The lowest BCUT2D eigenvalue weighted by atomic mass is 9.96. The molecule has 17 unspecified atom stereocenters. The molecule has 3 aliphatic heterocycles. The molecule has 0 bridgehead atoms. The van der Waals surface area contributed by atoms with E-state index in [4.69, 9.17) is 28.4 Å². The zero-order valence-corrected chi connectivity index (χ0v) is 56.7. The van der Waals surface area contributed by atoms with Gasteiger partial charge in [-0.3, -0.25) is 4.79 Å². The molecule has 0 radical (unpaired) electrons. The van der Waals surface area contributed by atoms with Crippen molar-refractivity contribution in [1.29, 1.82) is 0 Å². The molecular formula is C74H127NO18. The van der Waals surface area contributed by atoms with Crippen LogP contribution in [0.15, 0.2) is 97.2 Å². The monoisotopic (exact) mass is 1320 g/mol. The lowest BCUT2D eigenvalue weighted by Crippen LogP contribution is -2.66. The Labute approximate surface area is 558 Å². The predicted octanol–water partition coefficient (Wildman–Crippen LogP) is 10.0. The van der Waals surface area contributed by atoms with Crippen molar-refractivity contribution in [2.45, 2.75) is 336 Å². The largest absolute Gasteiger partial charge is 0.394 e. The normalized spacial score (nSPS) is 28.1. The van der Waals surface area contributed by atoms with E-state index in [1.807, 2.05) is 6.08 Å². The standard InChI is InChI=1S/C74H127NO18/c1-3-5-7-9-11-13-15-17-19-21-23-25-26-27-28-29-30-32-34-36-38-40-42-44-46-48-50-52-62(80)75-57(58(79)51-49-47-45-43-41-39-37-35-33-31-24-22-20-18-16-14-12-10-8-6-4-2)56-88-72-68(86)65(83)70(60(54-77)90-72)93-74-69(87)66(84)71(61(55-78)91-74)92-73-67(85)64(82)63(81)59(53-76)89-73/h5,7,11,13,17,19,23,25,27-28,30,32,36,38,49,51,57-61,63-74,76-79,81-87H,3-4,6,8-10,12,14-16,18,20-22,24,26,29,31,33-35,37,39-48,50,52-56H2,1-2H3,(H,75,80)/b7-5-,13-11-,19-17-,25-23-,28-27-,32-30-,38-36-,51-49+. The molecule has 0 saturated carbocycles. The van der Waals surface area contributed by atoms with Gasteiger partial charge in [0.05, 0.1) is 38.6 Å². The first-order valence-corrected chi connectivity index (χ1v) is 36.0. The lowest BCUT2D eigenvalue weighted by Gasteiger charge is -2.48. The van der Waals surface area contributed by atoms with E-state index in [1.165, 1.54) is 103 Å². The van der Waals surface area contributed by atoms with Crippen LogP contribution >= 0.6 is 0 Å². The van der Waals surface area contributed by atoms with E-state index in [-0.39, 0.29) is 18.9 Å². The zero-order valence-electron chi connectivity index (χ0n) is 56.7. The first-order valence-electron chi connectivity index (χ1n) is 36.0. The van der Waals surface area contributed by atoms with Crippen molar-refractivity contribution >= 4 is 5.91 Å². The third-order valence-electron chi connectivity index (χ3n) is 17.4. The fourth-order valence-corrected chi connectivity index (χ4v) is 11.6. The van der Waals surface area contributed by atoms with Gasteiger partial charge in [-0.15, -0.1) is 0 Å². The van der Waals surface area contributed by atoms with Gasteiger partial charge in [0, 0.05) is 6.42 Å². The van der Waals surface area contributed by atoms with E-state index in [0.29, 0.717) is 6.42 Å². The molecule has 0 spiro atoms. The summed E-state index contributed by atoms with van der Waals surface area (Å²) < 4.78 is 34.4. The van der Waals surface area contributed by atoms with Crippen LogP contribution in [0.25, 0.3) is 0 Å². The third kappa shape index (κ3) is 36.2. The molecule has 12 N–H and O–H groups in total. The van der Waals surface area contributed by atoms with Crippen LogP contribution in [0.5, 0.6) is 0 Å². The maximum absolute atomic E-state index is 13.4. The van der Waals surface area contributed by atoms with Crippen LogP contribution in [-0.4, -0.2) is 193 Å². The highest BCUT2D eigenvalue weighted by Crippen LogP contribution is 2.33. The average Bonchev–Trinajstić information content (AvgIpc) is 0.902. The van der Waals surface area contributed by atoms with Gasteiger partial charge in [-0.05, 0) is 77.0 Å². The summed E-state index contributed by atoms with van der Waals surface area (Å²) in [6.07, 6.45) is 45.1. The van der Waals surface area contributed by atoms with Gasteiger partial charge >= 0.3 is 0 Å². The minimum absolute atomic E-state index is 0.215. The molecule has 93 heavy (non-hydrogen) atoms. The van der Waals surface area contributed by atoms with Crippen LogP contribution in [0.2, 0.25) is 0 Å². The van der Waals surface area contributed by atoms with Crippen LogP contribution in [0.1, 0.15) is 232 Å². The molecule has 536 valence electrons. The van der Waals surface area contributed by atoms with Crippen molar-refractivity contribution in [3.8, 4) is 0 Å². The molecule has 3 fully saturated rings. The predicted molar refractivity (Wildman–Crippen MR) is 364 cm³/mol. The Morgan fingerprint density at radius 1 is 0.398 bits per heavy atom. The summed E-state index contributed by atoms with van der Waals surface area (Å²) in [5.41, 5.74) is 0. The summed E-state index contributed by atoms with van der Waals surface area (Å²) >= 11 is 0. The molecule has 17 atom stereocenters. The molecule has 0 aromatic heterocycles. The lowest BCUT2D eigenvalue weighted by molar-refractivity contribution is -0.379. The van der Waals surface area contributed by atoms with Crippen molar-refractivity contribution in [3.05, 3.63) is 97.2 Å². The van der Waals surface area contributed by atoms with Gasteiger partial charge in [-0.25, -0.2) is 0 Å². The van der Waals surface area contributed by atoms with Crippen molar-refractivity contribution in [1.82, 2.24) is 5.32 Å². The van der Waals surface area contributed by atoms with Crippen molar-refractivity contribution in [2.75, 3.05) is 26.4 Å². The number of hydrogen-bond donors (Lipinski definition) is 12. The Morgan fingerprint density at radius 2 is 0.742 bits per heavy atom. The Balaban J connectivity index is 1.44. The fraction of sp³-hybridized carbons (Fsp3) is 0.770. The second-order valence-corrected chi connectivity index (χ2v) is 25.3. The highest BCUT2D eigenvalue weighted by atomic mass is 16.8. The number of nitrogens with one attached hydrogen (secondary N) is 1. The number of allylic oxidation sites excluding steroid dienone is 15. The van der Waals surface area contributed by atoms with E-state index in [9.17, 15) is 61.0 Å². The molecule has 3 rings (SSSR count). The fourth-order valence-electron chi connectivity index (χ4n) is 11.6. The van der Waals surface area contributed by atoms with Gasteiger partial charge in [-0.1, -0.05) is 246 Å². The van der Waals surface area contributed by atoms with Crippen LogP contribution in [0.3, 0.4) is 0 Å². The molecule has 3 heterocycles. The summed E-state index contributed by atoms with van der Waals surface area (Å²) in [6, 6.07) is -0.992. The maximum atomic E-state index is 13.4. The second kappa shape index (κ2) is 54.7. The van der Waals surface area contributed by atoms with Crippen molar-refractivity contribution in [3.63, 3.8) is 0 Å². The Morgan fingerprint density at radius 3 is 1.16 bits per heavy atom. The molecule has 0 aliphatic carbocycles. The van der Waals surface area contributed by atoms with Gasteiger partial charge in [0.15, 0.2) is 18.9 Å². The van der Waals surface area contributed by atoms with Crippen molar-refractivity contribution < 1.29 is 89.4 Å². The highest BCUT2D eigenvalue weighted by Gasteiger charge is 2.53. The Kier molecular flexibility index (Phi) is 49.4. The number of unbranched alkanes of at least 4 members (excludes halogenated alkanes) is 24. The van der Waals surface area contributed by atoms with Gasteiger partial charge < -0.3 is 89.9 Å². The van der Waals surface area contributed by atoms with Crippen molar-refractivity contribution in [2.24, 2.45) is 0 Å². The average molecular weight is 1320 g/mol. The highest BCUT2D eigenvalue weighted by molar-refractivity contribution is 5.76. The van der Waals surface area contributed by atoms with Gasteiger partial charge in [-0.2, -0.15) is 0 Å². The van der Waals surface area contributed by atoms with E-state index in [0.717, 1.165) is 103 Å². The minimum Gasteiger partial charge on any atom is -0.394 e. The van der Waals surface area contributed by atoms with Gasteiger partial charge in [0.25, 0.3) is 0 Å². The van der Waals surface area contributed by atoms with E-state index in [2.05, 4.69) is 104 Å². The Bertz CT molecular complexity index is 2060. The van der Waals surface area contributed by atoms with E-state index in [1.54, 1.807) is 6.08 Å². The first kappa shape index (κ1) is 83.9. The molecule has 3 aliphatic rings. The maximum Gasteiger partial charge on any atom is 0.220 e. The number of amides is 1. The smallest absolute Gasteiger partial charge is 0.220 e. The van der Waals surface area contributed by atoms with E-state index >= 15 is 0 Å². The van der Waals surface area contributed by atoms with Crippen LogP contribution in [0.4, 0.5) is 0 Å². The molecule has 19 nitrogen and oxygen atoms in total. The van der Waals surface area contributed by atoms with Crippen LogP contribution < -0.4 is 5.32 Å². The molecule has 0 aromatic carbocycles. The molecular weight excluding hydrogens is 1190 g/mol. The number of carbonyl (C=O) groups excluding carboxylic acids is 1. The molecule has 19 heteroatoms. The SMILES string of the molecule is CC/C=C\C/C=C\C/C=C\C/C=C\C/C=C\C/C=C\C/C=C\CCCCCCCC(=O)NC(COC1OC(CO)C(OC2OC(CO)C(OC3OC(CO)C(O)C(O)C3O)C(O)C2O)C(O)C1O)C(O)/C=C/CCCCCCCCCCCCCCCCCCCCC. The van der Waals surface area contributed by atoms with Gasteiger partial charge in [0.2, 0.25) is 5.91 Å². The third-order valence-corrected chi connectivity index (χ3v) is 17.4. The number of ether oxygens (including phenoxy) is 6. The molecule has 1 amide bonds. The topological polar surface area (TPSA) is 307 Å². The molecule has 3 saturated heterocycles. The van der Waals surface area contributed by atoms with Crippen LogP contribution in [0, 0.1) is 0 Å². The first-order chi connectivity index (χ1) is 45.3. The summed E-state index contributed by atoms with van der Waals surface area (Å²) in [6.45, 7) is 1.61. The zero-order chi connectivity index (χ0) is 67.5. The summed E-state index contributed by atoms with van der Waals surface area (Å²) in [7, 11) is 0. The number of aliphatic hydroxyl groups excluding tert-OH is 11. The number of carbonyl (C=O) groups is 1. The van der Waals surface area contributed by atoms with Gasteiger partial charge in [0.1, 0.15) is 73.2 Å². The number of rotatable bonds is 54. The summed E-state index contributed by atoms with van der Waals surface area (Å²) in [4.78, 5) is 13.4. The minimum atomic E-state index is -1.99. The summed E-state index contributed by atoms with van der Waals surface area (Å²) in [5.74, 6) is -0.297. The quantitative estimate of drug-likeness (QED) is 0.0199. The number of hydrogen-bond acceptors (Lipinski definition) is 18. The Hall–Kier alpha value is -3.29. The van der Waals surface area contributed by atoms with E-state index < -0.39 is 124 Å². The molecule has 0 aromatic rings.